The zero-order chi connectivity index (χ0) is 28.0. The first-order chi connectivity index (χ1) is 18.6. The lowest BCUT2D eigenvalue weighted by Gasteiger charge is -2.36. The summed E-state index contributed by atoms with van der Waals surface area (Å²) < 4.78 is 16.5. The van der Waals surface area contributed by atoms with Gasteiger partial charge in [-0.25, -0.2) is 18.7 Å². The summed E-state index contributed by atoms with van der Waals surface area (Å²) in [6.07, 6.45) is 3.00. The molecular formula is C29H31FN6O3. The number of aryl methyl sites for hydroxylation is 1. The molecule has 2 aromatic heterocycles. The Bertz CT molecular complexity index is 1550. The Balaban J connectivity index is 1.74. The van der Waals surface area contributed by atoms with Crippen LogP contribution in [-0.2, 0) is 4.79 Å². The van der Waals surface area contributed by atoms with Crippen molar-refractivity contribution in [3.8, 4) is 11.4 Å². The maximum Gasteiger partial charge on any atom is 0.355 e. The summed E-state index contributed by atoms with van der Waals surface area (Å²) in [4.78, 5) is 43.5. The number of fused-ring (bicyclic) bond motifs is 1. The van der Waals surface area contributed by atoms with Crippen molar-refractivity contribution in [3.63, 3.8) is 0 Å². The highest BCUT2D eigenvalue weighted by Crippen LogP contribution is 2.45. The van der Waals surface area contributed by atoms with Gasteiger partial charge in [0.15, 0.2) is 0 Å². The van der Waals surface area contributed by atoms with Crippen LogP contribution in [0.25, 0.3) is 5.69 Å². The fourth-order valence-electron chi connectivity index (χ4n) is 5.39. The van der Waals surface area contributed by atoms with Crippen molar-refractivity contribution in [2.75, 3.05) is 31.1 Å². The van der Waals surface area contributed by atoms with Gasteiger partial charge < -0.3 is 14.9 Å². The number of phenols is 1. The number of benzene rings is 1. The second kappa shape index (κ2) is 10.1. The Hall–Kier alpha value is -4.34. The Morgan fingerprint density at radius 3 is 2.56 bits per heavy atom. The molecule has 5 rings (SSSR count). The Kier molecular flexibility index (Phi) is 6.80. The molecule has 1 atom stereocenters. The average molecular weight is 531 g/mol. The maximum absolute atomic E-state index is 15.1. The number of aliphatic imine (C=N–C) groups is 1. The zero-order valence-electron chi connectivity index (χ0n) is 22.5. The molecule has 1 fully saturated rings. The van der Waals surface area contributed by atoms with Crippen LogP contribution in [0, 0.1) is 12.7 Å². The quantitative estimate of drug-likeness (QED) is 0.501. The SMILES string of the molecule is C=CC(=O)N1CCN(c2nc(=O)n(-c3c(C)ccnc3C(C)C)c3c2C(C)C(c2c(O)cccc2F)=N3)CC1. The molecule has 0 saturated carbocycles. The molecule has 1 saturated heterocycles. The molecule has 2 aliphatic heterocycles. The van der Waals surface area contributed by atoms with Gasteiger partial charge in [-0.05, 0) is 42.7 Å². The molecule has 9 nitrogen and oxygen atoms in total. The van der Waals surface area contributed by atoms with Crippen LogP contribution in [0.5, 0.6) is 5.75 Å². The molecule has 1 unspecified atom stereocenters. The van der Waals surface area contributed by atoms with Gasteiger partial charge in [0, 0.05) is 43.9 Å². The number of pyridine rings is 1. The number of amides is 1. The Labute approximate surface area is 226 Å². The summed E-state index contributed by atoms with van der Waals surface area (Å²) in [6.45, 7) is 13.1. The average Bonchev–Trinajstić information content (AvgIpc) is 3.24. The molecule has 202 valence electrons. The van der Waals surface area contributed by atoms with Crippen LogP contribution in [-0.4, -0.2) is 62.3 Å². The van der Waals surface area contributed by atoms with Crippen molar-refractivity contribution in [2.45, 2.75) is 39.5 Å². The molecule has 3 aromatic rings. The zero-order valence-corrected chi connectivity index (χ0v) is 22.5. The van der Waals surface area contributed by atoms with Crippen LogP contribution in [0.2, 0.25) is 0 Å². The summed E-state index contributed by atoms with van der Waals surface area (Å²) in [6, 6.07) is 5.95. The van der Waals surface area contributed by atoms with Crippen molar-refractivity contribution in [1.29, 1.82) is 0 Å². The van der Waals surface area contributed by atoms with Gasteiger partial charge in [-0.1, -0.05) is 33.4 Å². The highest BCUT2D eigenvalue weighted by molar-refractivity contribution is 6.12. The van der Waals surface area contributed by atoms with Crippen molar-refractivity contribution >= 4 is 23.3 Å². The molecule has 0 bridgehead atoms. The maximum atomic E-state index is 15.1. The van der Waals surface area contributed by atoms with Crippen LogP contribution in [0.15, 0.2) is 52.9 Å². The van der Waals surface area contributed by atoms with Crippen molar-refractivity contribution in [1.82, 2.24) is 19.4 Å². The van der Waals surface area contributed by atoms with E-state index in [1.165, 1.54) is 28.8 Å². The van der Waals surface area contributed by atoms with E-state index in [0.29, 0.717) is 54.8 Å². The second-order valence-corrected chi connectivity index (χ2v) is 10.2. The second-order valence-electron chi connectivity index (χ2n) is 10.2. The fourth-order valence-corrected chi connectivity index (χ4v) is 5.39. The molecule has 1 N–H and O–H groups in total. The molecule has 0 radical (unpaired) electrons. The number of hydrogen-bond acceptors (Lipinski definition) is 7. The van der Waals surface area contributed by atoms with E-state index in [0.717, 1.165) is 11.3 Å². The minimum atomic E-state index is -0.603. The lowest BCUT2D eigenvalue weighted by Crippen LogP contribution is -2.49. The monoisotopic (exact) mass is 530 g/mol. The number of aromatic nitrogens is 3. The number of nitrogens with zero attached hydrogens (tertiary/aromatic N) is 6. The van der Waals surface area contributed by atoms with Gasteiger partial charge in [-0.15, -0.1) is 0 Å². The van der Waals surface area contributed by atoms with Crippen molar-refractivity contribution in [2.24, 2.45) is 4.99 Å². The minimum Gasteiger partial charge on any atom is -0.507 e. The van der Waals surface area contributed by atoms with E-state index in [-0.39, 0.29) is 23.1 Å². The highest BCUT2D eigenvalue weighted by atomic mass is 19.1. The number of piperazine rings is 1. The van der Waals surface area contributed by atoms with E-state index in [1.54, 1.807) is 11.1 Å². The smallest absolute Gasteiger partial charge is 0.355 e. The Morgan fingerprint density at radius 2 is 1.92 bits per heavy atom. The molecule has 10 heteroatoms. The lowest BCUT2D eigenvalue weighted by atomic mass is 9.93. The molecule has 39 heavy (non-hydrogen) atoms. The first-order valence-corrected chi connectivity index (χ1v) is 13.0. The third-order valence-electron chi connectivity index (χ3n) is 7.39. The van der Waals surface area contributed by atoms with E-state index >= 15 is 4.39 Å². The molecule has 2 aliphatic rings. The molecule has 0 spiro atoms. The number of phenolic OH excluding ortho intramolecular Hbond substituents is 1. The van der Waals surface area contributed by atoms with E-state index in [1.807, 2.05) is 38.7 Å². The van der Waals surface area contributed by atoms with E-state index in [2.05, 4.69) is 16.5 Å². The molecule has 0 aliphatic carbocycles. The van der Waals surface area contributed by atoms with Gasteiger partial charge in [0.25, 0.3) is 0 Å². The number of hydrogen-bond donors (Lipinski definition) is 1. The minimum absolute atomic E-state index is 0.000426. The lowest BCUT2D eigenvalue weighted by molar-refractivity contribution is -0.126. The largest absolute Gasteiger partial charge is 0.507 e. The third kappa shape index (κ3) is 4.39. The molecular weight excluding hydrogens is 499 g/mol. The number of aromatic hydroxyl groups is 1. The summed E-state index contributed by atoms with van der Waals surface area (Å²) in [5.74, 6) is -0.655. The van der Waals surface area contributed by atoms with E-state index < -0.39 is 17.4 Å². The van der Waals surface area contributed by atoms with Crippen molar-refractivity contribution in [3.05, 3.63) is 81.8 Å². The van der Waals surface area contributed by atoms with Gasteiger partial charge in [-0.3, -0.25) is 9.78 Å². The van der Waals surface area contributed by atoms with Gasteiger partial charge in [-0.2, -0.15) is 4.98 Å². The third-order valence-corrected chi connectivity index (χ3v) is 7.39. The number of rotatable bonds is 5. The number of carbonyl (C=O) groups excluding carboxylic acids is 1. The summed E-state index contributed by atoms with van der Waals surface area (Å²) in [7, 11) is 0. The van der Waals surface area contributed by atoms with Gasteiger partial charge in [0.2, 0.25) is 5.91 Å². The van der Waals surface area contributed by atoms with E-state index in [9.17, 15) is 14.7 Å². The van der Waals surface area contributed by atoms with Gasteiger partial charge in [0.1, 0.15) is 23.2 Å². The van der Waals surface area contributed by atoms with Crippen LogP contribution in [0.1, 0.15) is 55.0 Å². The topological polar surface area (TPSA) is 104 Å². The normalized spacial score (nSPS) is 16.9. The van der Waals surface area contributed by atoms with Crippen LogP contribution < -0.4 is 10.6 Å². The number of carbonyl (C=O) groups is 1. The van der Waals surface area contributed by atoms with E-state index in [4.69, 9.17) is 4.99 Å². The van der Waals surface area contributed by atoms with Crippen LogP contribution in [0.3, 0.4) is 0 Å². The predicted octanol–water partition coefficient (Wildman–Crippen LogP) is 3.98. The highest BCUT2D eigenvalue weighted by Gasteiger charge is 2.37. The predicted molar refractivity (Wildman–Crippen MR) is 148 cm³/mol. The molecule has 1 amide bonds. The van der Waals surface area contributed by atoms with Crippen molar-refractivity contribution < 1.29 is 14.3 Å². The summed E-state index contributed by atoms with van der Waals surface area (Å²) in [5, 5.41) is 10.6. The summed E-state index contributed by atoms with van der Waals surface area (Å²) in [5.41, 5.74) is 2.60. The fraction of sp³-hybridized carbons (Fsp3) is 0.345. The first kappa shape index (κ1) is 26.3. The standard InChI is InChI=1S/C29H31FN6O3/c1-6-21(38)34-12-14-35(15-13-34)27-22-18(5)25(23-19(30)8-7-9-20(23)37)32-28(22)36(29(39)33-27)26-17(4)10-11-31-24(26)16(2)3/h6-11,16,18,37H,1,12-15H2,2-5H3. The van der Waals surface area contributed by atoms with Gasteiger partial charge >= 0.3 is 5.69 Å². The first-order valence-electron chi connectivity index (χ1n) is 13.0. The molecule has 4 heterocycles. The van der Waals surface area contributed by atoms with Gasteiger partial charge in [0.05, 0.1) is 22.7 Å². The van der Waals surface area contributed by atoms with Crippen LogP contribution in [0.4, 0.5) is 16.0 Å². The number of halogens is 1. The molecule has 1 aromatic carbocycles. The van der Waals surface area contributed by atoms with Crippen LogP contribution >= 0.6 is 0 Å². The summed E-state index contributed by atoms with van der Waals surface area (Å²) >= 11 is 0. The number of anilines is 1. The Morgan fingerprint density at radius 1 is 1.21 bits per heavy atom.